The monoisotopic (exact) mass is 378 g/mol. The van der Waals surface area contributed by atoms with Gasteiger partial charge in [0.1, 0.15) is 5.57 Å². The summed E-state index contributed by atoms with van der Waals surface area (Å²) in [5.74, 6) is -3.78. The lowest BCUT2D eigenvalue weighted by Gasteiger charge is -2.29. The predicted molar refractivity (Wildman–Crippen MR) is 78.8 cm³/mol. The Morgan fingerprint density at radius 2 is 1.60 bits per heavy atom. The molecule has 0 spiro atoms. The molecule has 1 aliphatic rings. The third-order valence-corrected chi connectivity index (χ3v) is 4.32. The lowest BCUT2D eigenvalue weighted by atomic mass is 10.1. The lowest BCUT2D eigenvalue weighted by molar-refractivity contribution is -0.222. The van der Waals surface area contributed by atoms with E-state index in [9.17, 15) is 31.2 Å². The summed E-state index contributed by atoms with van der Waals surface area (Å²) in [5.41, 5.74) is -2.31. The molecule has 0 radical (unpaired) electrons. The van der Waals surface area contributed by atoms with Crippen LogP contribution in [0.15, 0.2) is 28.7 Å². The summed E-state index contributed by atoms with van der Waals surface area (Å²) in [6.45, 7) is 2.59. The normalized spacial score (nSPS) is 17.8. The Labute approximate surface area is 141 Å². The number of alkyl halides is 3. The number of carbonyl (C=O) groups is 2. The second-order valence-electron chi connectivity index (χ2n) is 5.76. The van der Waals surface area contributed by atoms with Crippen molar-refractivity contribution in [1.82, 2.24) is 0 Å². The molecule has 136 valence electrons. The third kappa shape index (κ3) is 4.19. The number of sulfone groups is 1. The van der Waals surface area contributed by atoms with Crippen LogP contribution in [-0.2, 0) is 35.1 Å². The van der Waals surface area contributed by atoms with E-state index in [0.29, 0.717) is 18.2 Å². The summed E-state index contributed by atoms with van der Waals surface area (Å²) >= 11 is 0. The zero-order chi connectivity index (χ0) is 19.2. The van der Waals surface area contributed by atoms with E-state index >= 15 is 0 Å². The highest BCUT2D eigenvalue weighted by Gasteiger charge is 2.39. The molecule has 25 heavy (non-hydrogen) atoms. The van der Waals surface area contributed by atoms with E-state index in [0.717, 1.165) is 12.3 Å². The van der Waals surface area contributed by atoms with Crippen LogP contribution < -0.4 is 0 Å². The molecule has 0 unspecified atom stereocenters. The lowest BCUT2D eigenvalue weighted by Crippen LogP contribution is -2.41. The van der Waals surface area contributed by atoms with Crippen LogP contribution in [0.3, 0.4) is 0 Å². The Morgan fingerprint density at radius 3 is 2.04 bits per heavy atom. The third-order valence-electron chi connectivity index (χ3n) is 3.15. The first-order chi connectivity index (χ1) is 11.2. The smallest absolute Gasteiger partial charge is 0.416 e. The Bertz CT molecular complexity index is 859. The van der Waals surface area contributed by atoms with Gasteiger partial charge in [-0.1, -0.05) is 0 Å². The summed E-state index contributed by atoms with van der Waals surface area (Å²) in [4.78, 5) is 23.3. The van der Waals surface area contributed by atoms with Crippen molar-refractivity contribution in [2.75, 3.05) is 6.26 Å². The van der Waals surface area contributed by atoms with E-state index < -0.39 is 55.3 Å². The molecule has 0 N–H and O–H groups in total. The van der Waals surface area contributed by atoms with Gasteiger partial charge in [0.05, 0.1) is 10.5 Å². The number of hydrogen-bond donors (Lipinski definition) is 0. The van der Waals surface area contributed by atoms with Gasteiger partial charge in [-0.05, 0) is 29.8 Å². The molecule has 1 fully saturated rings. The first-order valence-corrected chi connectivity index (χ1v) is 8.69. The Kier molecular flexibility index (Phi) is 4.45. The topological polar surface area (TPSA) is 86.7 Å². The summed E-state index contributed by atoms with van der Waals surface area (Å²) in [6.07, 6.45) is -3.23. The zero-order valence-corrected chi connectivity index (χ0v) is 14.1. The van der Waals surface area contributed by atoms with Gasteiger partial charge >= 0.3 is 18.1 Å². The van der Waals surface area contributed by atoms with Gasteiger partial charge in [0.25, 0.3) is 5.79 Å². The van der Waals surface area contributed by atoms with E-state index in [4.69, 9.17) is 9.47 Å². The maximum absolute atomic E-state index is 12.9. The SMILES string of the molecule is CC1(C)OC(=O)C(=Cc2cc(C(F)(F)F)ccc2S(C)(=O)=O)C(=O)O1. The van der Waals surface area contributed by atoms with Gasteiger partial charge in [-0.2, -0.15) is 13.2 Å². The first kappa shape index (κ1) is 19.0. The molecule has 0 atom stereocenters. The van der Waals surface area contributed by atoms with Gasteiger partial charge < -0.3 is 9.47 Å². The number of hydrogen-bond acceptors (Lipinski definition) is 6. The quantitative estimate of drug-likeness (QED) is 0.446. The highest BCUT2D eigenvalue weighted by molar-refractivity contribution is 7.90. The number of cyclic esters (lactones) is 2. The number of carbonyl (C=O) groups excluding carboxylic acids is 2. The van der Waals surface area contributed by atoms with E-state index in [1.807, 2.05) is 0 Å². The Balaban J connectivity index is 2.64. The summed E-state index contributed by atoms with van der Waals surface area (Å²) in [5, 5.41) is 0. The van der Waals surface area contributed by atoms with Crippen molar-refractivity contribution in [3.63, 3.8) is 0 Å². The zero-order valence-electron chi connectivity index (χ0n) is 13.3. The molecule has 10 heteroatoms. The molecule has 0 amide bonds. The van der Waals surface area contributed by atoms with Crippen molar-refractivity contribution >= 4 is 27.9 Å². The molecular formula is C15H13F3O6S. The van der Waals surface area contributed by atoms with Crippen LogP contribution in [0.25, 0.3) is 6.08 Å². The number of benzene rings is 1. The van der Waals surface area contributed by atoms with E-state index in [2.05, 4.69) is 0 Å². The molecule has 1 aromatic carbocycles. The number of rotatable bonds is 2. The summed E-state index contributed by atoms with van der Waals surface area (Å²) in [7, 11) is -3.92. The maximum atomic E-state index is 12.9. The second-order valence-corrected chi connectivity index (χ2v) is 7.74. The Morgan fingerprint density at radius 1 is 1.08 bits per heavy atom. The second kappa shape index (κ2) is 5.87. The fourth-order valence-electron chi connectivity index (χ4n) is 2.11. The molecule has 1 heterocycles. The molecule has 2 rings (SSSR count). The molecule has 1 aliphatic heterocycles. The summed E-state index contributed by atoms with van der Waals surface area (Å²) in [6, 6.07) is 1.89. The molecule has 0 bridgehead atoms. The van der Waals surface area contributed by atoms with Crippen molar-refractivity contribution in [1.29, 1.82) is 0 Å². The standard InChI is InChI=1S/C15H13F3O6S/c1-14(2)23-12(19)10(13(20)24-14)7-8-6-9(15(16,17)18)4-5-11(8)25(3,21)22/h4-7H,1-3H3. The highest BCUT2D eigenvalue weighted by Crippen LogP contribution is 2.33. The van der Waals surface area contributed by atoms with Gasteiger partial charge in [-0.25, -0.2) is 18.0 Å². The molecule has 0 aromatic heterocycles. The van der Waals surface area contributed by atoms with Gasteiger partial charge in [-0.3, -0.25) is 0 Å². The molecular weight excluding hydrogens is 365 g/mol. The van der Waals surface area contributed by atoms with E-state index in [1.54, 1.807) is 0 Å². The van der Waals surface area contributed by atoms with Crippen LogP contribution in [0.4, 0.5) is 13.2 Å². The molecule has 0 aliphatic carbocycles. The van der Waals surface area contributed by atoms with Crippen LogP contribution >= 0.6 is 0 Å². The average Bonchev–Trinajstić information content (AvgIpc) is 2.39. The van der Waals surface area contributed by atoms with Crippen LogP contribution in [0.2, 0.25) is 0 Å². The number of ether oxygens (including phenoxy) is 2. The van der Waals surface area contributed by atoms with Gasteiger partial charge in [0, 0.05) is 20.1 Å². The van der Waals surface area contributed by atoms with Crippen LogP contribution in [0, 0.1) is 0 Å². The predicted octanol–water partition coefficient (Wildman–Crippen LogP) is 2.33. The molecule has 6 nitrogen and oxygen atoms in total. The van der Waals surface area contributed by atoms with E-state index in [-0.39, 0.29) is 0 Å². The highest BCUT2D eigenvalue weighted by atomic mass is 32.2. The van der Waals surface area contributed by atoms with Crippen LogP contribution in [0.1, 0.15) is 25.0 Å². The van der Waals surface area contributed by atoms with Gasteiger partial charge in [0.2, 0.25) is 0 Å². The van der Waals surface area contributed by atoms with Crippen molar-refractivity contribution < 1.29 is 40.7 Å². The van der Waals surface area contributed by atoms with Crippen LogP contribution in [0.5, 0.6) is 0 Å². The van der Waals surface area contributed by atoms with Crippen molar-refractivity contribution in [3.05, 3.63) is 34.9 Å². The van der Waals surface area contributed by atoms with Crippen molar-refractivity contribution in [3.8, 4) is 0 Å². The molecule has 0 saturated carbocycles. The minimum atomic E-state index is -4.74. The number of halogens is 3. The molecule has 1 saturated heterocycles. The minimum absolute atomic E-state index is 0.471. The fraction of sp³-hybridized carbons (Fsp3) is 0.333. The maximum Gasteiger partial charge on any atom is 0.416 e. The van der Waals surface area contributed by atoms with Crippen molar-refractivity contribution in [2.45, 2.75) is 30.7 Å². The average molecular weight is 378 g/mol. The molecule has 1 aromatic rings. The Hall–Kier alpha value is -2.36. The fourth-order valence-corrected chi connectivity index (χ4v) is 2.97. The van der Waals surface area contributed by atoms with Gasteiger partial charge in [0.15, 0.2) is 9.84 Å². The minimum Gasteiger partial charge on any atom is -0.419 e. The number of esters is 2. The first-order valence-electron chi connectivity index (χ1n) is 6.80. The van der Waals surface area contributed by atoms with Crippen molar-refractivity contribution in [2.24, 2.45) is 0 Å². The summed E-state index contributed by atoms with van der Waals surface area (Å²) < 4.78 is 71.8. The van der Waals surface area contributed by atoms with Crippen LogP contribution in [-0.4, -0.2) is 32.4 Å². The van der Waals surface area contributed by atoms with E-state index in [1.165, 1.54) is 13.8 Å². The largest absolute Gasteiger partial charge is 0.419 e. The van der Waals surface area contributed by atoms with Gasteiger partial charge in [-0.15, -0.1) is 0 Å².